The molecule has 166 valence electrons. The number of hydrogen-bond donors (Lipinski definition) is 2. The second-order valence-corrected chi connectivity index (χ2v) is 8.25. The zero-order valence-electron chi connectivity index (χ0n) is 18.2. The molecule has 0 aliphatic carbocycles. The molecule has 2 aromatic carbocycles. The van der Waals surface area contributed by atoms with Gasteiger partial charge in [0.2, 0.25) is 11.8 Å². The van der Waals surface area contributed by atoms with Crippen molar-refractivity contribution in [1.82, 2.24) is 20.3 Å². The highest BCUT2D eigenvalue weighted by Crippen LogP contribution is 2.21. The van der Waals surface area contributed by atoms with E-state index in [1.54, 1.807) is 6.20 Å². The lowest BCUT2D eigenvalue weighted by atomic mass is 9.95. The van der Waals surface area contributed by atoms with Gasteiger partial charge in [0.05, 0.1) is 5.56 Å². The fraction of sp³-hybridized carbons (Fsp3) is 0.320. The number of hydrogen-bond acceptors (Lipinski definition) is 3. The maximum atomic E-state index is 12.6. The minimum Gasteiger partial charge on any atom is -0.350 e. The Balaban J connectivity index is 1.24. The molecule has 7 heteroatoms. The zero-order chi connectivity index (χ0) is 22.5. The van der Waals surface area contributed by atoms with E-state index in [0.717, 1.165) is 22.9 Å². The zero-order valence-corrected chi connectivity index (χ0v) is 18.2. The Kier molecular flexibility index (Phi) is 6.54. The topological polar surface area (TPSA) is 83.4 Å². The Labute approximate surface area is 187 Å². The Morgan fingerprint density at radius 1 is 0.938 bits per heavy atom. The summed E-state index contributed by atoms with van der Waals surface area (Å²) in [4.78, 5) is 39.5. The van der Waals surface area contributed by atoms with E-state index in [2.05, 4.69) is 10.9 Å². The number of fused-ring (bicyclic) bond motifs is 1. The molecule has 1 aliphatic heterocycles. The van der Waals surface area contributed by atoms with Crippen molar-refractivity contribution in [3.63, 3.8) is 0 Å². The van der Waals surface area contributed by atoms with E-state index in [9.17, 15) is 14.4 Å². The first-order valence-electron chi connectivity index (χ1n) is 11.0. The molecule has 0 unspecified atom stereocenters. The van der Waals surface area contributed by atoms with Crippen LogP contribution in [0.5, 0.6) is 0 Å². The van der Waals surface area contributed by atoms with Gasteiger partial charge in [-0.15, -0.1) is 0 Å². The van der Waals surface area contributed by atoms with E-state index in [4.69, 9.17) is 0 Å². The molecule has 1 aromatic heterocycles. The Bertz CT molecular complexity index is 1110. The fourth-order valence-corrected chi connectivity index (χ4v) is 4.26. The number of nitrogens with one attached hydrogen (secondary N) is 2. The van der Waals surface area contributed by atoms with Crippen molar-refractivity contribution < 1.29 is 14.4 Å². The van der Waals surface area contributed by atoms with Gasteiger partial charge >= 0.3 is 0 Å². The summed E-state index contributed by atoms with van der Waals surface area (Å²) in [5, 5.41) is 0.837. The summed E-state index contributed by atoms with van der Waals surface area (Å²) in [6, 6.07) is 17.6. The molecule has 0 spiro atoms. The van der Waals surface area contributed by atoms with Crippen LogP contribution in [0.3, 0.4) is 0 Å². The normalized spacial score (nSPS) is 14.3. The lowest BCUT2D eigenvalue weighted by molar-refractivity contribution is -0.135. The van der Waals surface area contributed by atoms with Gasteiger partial charge in [-0.3, -0.25) is 25.2 Å². The smallest absolute Gasteiger partial charge is 0.271 e. The first kappa shape index (κ1) is 21.6. The number of carbonyl (C=O) groups excluding carboxylic acids is 3. The van der Waals surface area contributed by atoms with Crippen LogP contribution in [0.15, 0.2) is 60.8 Å². The largest absolute Gasteiger partial charge is 0.350 e. The second kappa shape index (κ2) is 9.68. The number of amides is 3. The van der Waals surface area contributed by atoms with Gasteiger partial charge in [0.25, 0.3) is 5.91 Å². The van der Waals surface area contributed by atoms with Crippen molar-refractivity contribution in [2.24, 2.45) is 13.0 Å². The van der Waals surface area contributed by atoms with Gasteiger partial charge in [0.15, 0.2) is 0 Å². The molecule has 4 rings (SSSR count). The first-order valence-corrected chi connectivity index (χ1v) is 11.0. The molecule has 32 heavy (non-hydrogen) atoms. The monoisotopic (exact) mass is 432 g/mol. The maximum Gasteiger partial charge on any atom is 0.271 e. The third-order valence-corrected chi connectivity index (χ3v) is 6.13. The van der Waals surface area contributed by atoms with Crippen LogP contribution in [0.25, 0.3) is 10.9 Å². The number of nitrogens with zero attached hydrogens (tertiary/aromatic N) is 2. The molecule has 1 aliphatic rings. The van der Waals surface area contributed by atoms with Gasteiger partial charge in [-0.2, -0.15) is 0 Å². The predicted octanol–water partition coefficient (Wildman–Crippen LogP) is 2.81. The van der Waals surface area contributed by atoms with Crippen LogP contribution in [-0.2, 0) is 23.1 Å². The van der Waals surface area contributed by atoms with Crippen LogP contribution in [-0.4, -0.2) is 40.3 Å². The number of para-hydroxylation sites is 1. The molecule has 3 aromatic rings. The summed E-state index contributed by atoms with van der Waals surface area (Å²) >= 11 is 0. The van der Waals surface area contributed by atoms with Crippen molar-refractivity contribution in [2.45, 2.75) is 25.7 Å². The summed E-state index contributed by atoms with van der Waals surface area (Å²) in [6.45, 7) is 1.12. The molecule has 1 saturated heterocycles. The fourth-order valence-electron chi connectivity index (χ4n) is 4.26. The Morgan fingerprint density at radius 2 is 1.62 bits per heavy atom. The molecule has 0 atom stereocenters. The number of aromatic nitrogens is 1. The van der Waals surface area contributed by atoms with Crippen molar-refractivity contribution in [1.29, 1.82) is 0 Å². The summed E-state index contributed by atoms with van der Waals surface area (Å²) in [7, 11) is 1.88. The molecule has 0 bridgehead atoms. The molecule has 7 nitrogen and oxygen atoms in total. The highest BCUT2D eigenvalue weighted by molar-refractivity contribution is 6.07. The van der Waals surface area contributed by atoms with E-state index in [0.29, 0.717) is 37.9 Å². The molecule has 3 amide bonds. The molecule has 1 fully saturated rings. The first-order chi connectivity index (χ1) is 15.5. The molecular formula is C25H28N4O3. The van der Waals surface area contributed by atoms with Crippen LogP contribution < -0.4 is 10.9 Å². The van der Waals surface area contributed by atoms with E-state index < -0.39 is 0 Å². The van der Waals surface area contributed by atoms with Gasteiger partial charge in [-0.05, 0) is 30.9 Å². The highest BCUT2D eigenvalue weighted by atomic mass is 16.2. The summed E-state index contributed by atoms with van der Waals surface area (Å²) in [5.74, 6) is -0.656. The lowest BCUT2D eigenvalue weighted by Crippen LogP contribution is -2.48. The predicted molar refractivity (Wildman–Crippen MR) is 123 cm³/mol. The average Bonchev–Trinajstić information content (AvgIpc) is 3.18. The third-order valence-electron chi connectivity index (χ3n) is 6.13. The number of hydrazine groups is 1. The molecule has 0 radical (unpaired) electrons. The molecule has 2 heterocycles. The number of likely N-dealkylation sites (tertiary alicyclic amines) is 1. The van der Waals surface area contributed by atoms with Gasteiger partial charge in [-0.25, -0.2) is 0 Å². The number of rotatable bonds is 5. The van der Waals surface area contributed by atoms with E-state index in [1.807, 2.05) is 71.1 Å². The highest BCUT2D eigenvalue weighted by Gasteiger charge is 2.27. The third kappa shape index (κ3) is 4.82. The van der Waals surface area contributed by atoms with Gasteiger partial charge in [0.1, 0.15) is 0 Å². The van der Waals surface area contributed by atoms with Crippen LogP contribution in [0.4, 0.5) is 0 Å². The van der Waals surface area contributed by atoms with Crippen molar-refractivity contribution >= 4 is 28.6 Å². The Hall–Kier alpha value is -3.61. The Morgan fingerprint density at radius 3 is 2.38 bits per heavy atom. The summed E-state index contributed by atoms with van der Waals surface area (Å²) in [6.07, 6.45) is 4.13. The van der Waals surface area contributed by atoms with E-state index in [1.165, 1.54) is 0 Å². The molecule has 2 N–H and O–H groups in total. The van der Waals surface area contributed by atoms with Crippen LogP contribution in [0.1, 0.15) is 35.2 Å². The SMILES string of the molecule is Cn1cc(C(=O)NNC(=O)C2CCN(C(=O)CCc3ccccc3)CC2)c2ccccc21. The average molecular weight is 433 g/mol. The van der Waals surface area contributed by atoms with E-state index >= 15 is 0 Å². The summed E-state index contributed by atoms with van der Waals surface area (Å²) < 4.78 is 1.89. The number of carbonyl (C=O) groups is 3. The molecular weight excluding hydrogens is 404 g/mol. The van der Waals surface area contributed by atoms with Crippen molar-refractivity contribution in [2.75, 3.05) is 13.1 Å². The van der Waals surface area contributed by atoms with Crippen molar-refractivity contribution in [3.05, 3.63) is 71.9 Å². The van der Waals surface area contributed by atoms with E-state index in [-0.39, 0.29) is 23.6 Å². The molecule has 0 saturated carbocycles. The maximum absolute atomic E-state index is 12.6. The van der Waals surface area contributed by atoms with Crippen molar-refractivity contribution in [3.8, 4) is 0 Å². The number of piperidine rings is 1. The van der Waals surface area contributed by atoms with Crippen LogP contribution >= 0.6 is 0 Å². The van der Waals surface area contributed by atoms with Gasteiger partial charge in [-0.1, -0.05) is 48.5 Å². The lowest BCUT2D eigenvalue weighted by Gasteiger charge is -2.31. The second-order valence-electron chi connectivity index (χ2n) is 8.25. The van der Waals surface area contributed by atoms with Crippen LogP contribution in [0, 0.1) is 5.92 Å². The van der Waals surface area contributed by atoms with Crippen LogP contribution in [0.2, 0.25) is 0 Å². The standard InChI is InChI=1S/C25H28N4O3/c1-28-17-21(20-9-5-6-10-22(20)28)25(32)27-26-24(31)19-13-15-29(16-14-19)23(30)12-11-18-7-3-2-4-8-18/h2-10,17,19H,11-16H2,1H3,(H,26,31)(H,27,32). The minimum absolute atomic E-state index is 0.122. The van der Waals surface area contributed by atoms with Gasteiger partial charge < -0.3 is 9.47 Å². The quantitative estimate of drug-likeness (QED) is 0.608. The minimum atomic E-state index is -0.344. The van der Waals surface area contributed by atoms with Gasteiger partial charge in [0, 0.05) is 49.6 Å². The summed E-state index contributed by atoms with van der Waals surface area (Å²) in [5.41, 5.74) is 7.72. The number of benzene rings is 2. The number of aryl methyl sites for hydroxylation is 2.